The van der Waals surface area contributed by atoms with Crippen LogP contribution in [0.1, 0.15) is 6.85 Å². The van der Waals surface area contributed by atoms with E-state index in [4.69, 9.17) is 21.8 Å². The Morgan fingerprint density at radius 1 is 0.365 bits per heavy atom. The van der Waals surface area contributed by atoms with Gasteiger partial charge in [-0.25, -0.2) is 4.98 Å². The van der Waals surface area contributed by atoms with Gasteiger partial charge in [0, 0.05) is 64.1 Å². The molecule has 5 nitrogen and oxygen atoms in total. The second-order valence-corrected chi connectivity index (χ2v) is 16.6. The summed E-state index contributed by atoms with van der Waals surface area (Å²) in [5.74, 6) is 1.63. The Balaban J connectivity index is 1.12. The number of nitrogens with zero attached hydrogens (tertiary/aromatic N) is 5. The first-order chi connectivity index (χ1) is 33.3. The Hall–Kier alpha value is -8.19. The van der Waals surface area contributed by atoms with Crippen molar-refractivity contribution in [3.63, 3.8) is 0 Å². The van der Waals surface area contributed by atoms with Gasteiger partial charge in [0.05, 0.1) is 28.9 Å². The van der Waals surface area contributed by atoms with Crippen LogP contribution in [0.15, 0.2) is 212 Å². The molecule has 0 saturated heterocycles. The largest absolute Gasteiger partial charge is 0.309 e. The molecule has 4 heterocycles. The van der Waals surface area contributed by atoms with Gasteiger partial charge in [-0.05, 0) is 53.1 Å². The molecule has 63 heavy (non-hydrogen) atoms. The van der Waals surface area contributed by atoms with Crippen molar-refractivity contribution in [1.29, 1.82) is 0 Å². The molecule has 13 rings (SSSR count). The maximum atomic E-state index is 8.99. The molecule has 0 aliphatic rings. The van der Waals surface area contributed by atoms with Gasteiger partial charge in [0.15, 0.2) is 11.6 Å². The molecule has 0 bridgehead atoms. The van der Waals surface area contributed by atoms with Gasteiger partial charge < -0.3 is 4.57 Å². The minimum atomic E-state index is -0.414. The zero-order valence-corrected chi connectivity index (χ0v) is 34.3. The summed E-state index contributed by atoms with van der Waals surface area (Å²) in [5, 5.41) is 6.33. The van der Waals surface area contributed by atoms with E-state index in [1.165, 1.54) is 0 Å². The van der Waals surface area contributed by atoms with E-state index < -0.39 is 6.04 Å². The van der Waals surface area contributed by atoms with Gasteiger partial charge in [0.1, 0.15) is 0 Å². The molecule has 0 N–H and O–H groups in total. The molecule has 0 radical (unpaired) electrons. The predicted octanol–water partition coefficient (Wildman–Crippen LogP) is 15.1. The van der Waals surface area contributed by atoms with Gasteiger partial charge in [-0.2, -0.15) is 9.97 Å². The molecule has 4 aromatic heterocycles. The van der Waals surface area contributed by atoms with Crippen molar-refractivity contribution in [3.8, 4) is 56.7 Å². The summed E-state index contributed by atoms with van der Waals surface area (Å²) < 4.78 is 49.8. The molecular weight excluding hydrogens is 787 g/mol. The van der Waals surface area contributed by atoms with Crippen molar-refractivity contribution in [2.24, 2.45) is 0 Å². The normalized spacial score (nSPS) is 12.9. The smallest absolute Gasteiger partial charge is 0.238 e. The summed E-state index contributed by atoms with van der Waals surface area (Å²) in [6.45, 7) is 0. The highest BCUT2D eigenvalue weighted by Gasteiger charge is 2.22. The third kappa shape index (κ3) is 5.66. The van der Waals surface area contributed by atoms with Crippen LogP contribution in [-0.4, -0.2) is 24.1 Å². The van der Waals surface area contributed by atoms with Crippen molar-refractivity contribution in [2.75, 3.05) is 0 Å². The summed E-state index contributed by atoms with van der Waals surface area (Å²) >= 11 is 1.58. The highest BCUT2D eigenvalue weighted by molar-refractivity contribution is 7.26. The predicted molar refractivity (Wildman–Crippen MR) is 263 cm³/mol. The number of hydrogen-bond donors (Lipinski definition) is 0. The lowest BCUT2D eigenvalue weighted by Gasteiger charge is -2.13. The highest BCUT2D eigenvalue weighted by Crippen LogP contribution is 2.47. The number of para-hydroxylation sites is 3. The van der Waals surface area contributed by atoms with Gasteiger partial charge in [-0.3, -0.25) is 4.57 Å². The molecule has 0 aliphatic heterocycles. The van der Waals surface area contributed by atoms with Gasteiger partial charge in [-0.15, -0.1) is 11.3 Å². The number of thiophene rings is 1. The van der Waals surface area contributed by atoms with E-state index in [9.17, 15) is 0 Å². The number of hydrogen-bond acceptors (Lipinski definition) is 4. The monoisotopic (exact) mass is 826 g/mol. The van der Waals surface area contributed by atoms with E-state index in [-0.39, 0.29) is 29.7 Å². The molecule has 13 aromatic rings. The second-order valence-electron chi connectivity index (χ2n) is 15.6. The first-order valence-electron chi connectivity index (χ1n) is 23.3. The Morgan fingerprint density at radius 3 is 1.54 bits per heavy atom. The van der Waals surface area contributed by atoms with Crippen molar-refractivity contribution >= 4 is 75.1 Å². The minimum absolute atomic E-state index is 0.186. The lowest BCUT2D eigenvalue weighted by molar-refractivity contribution is 0.953. The molecule has 0 amide bonds. The molecular formula is C57H35N5S. The second kappa shape index (κ2) is 14.2. The third-order valence-electron chi connectivity index (χ3n) is 12.1. The van der Waals surface area contributed by atoms with Crippen LogP contribution in [0, 0.1) is 0 Å². The number of benzene rings is 9. The van der Waals surface area contributed by atoms with Gasteiger partial charge in [-0.1, -0.05) is 176 Å². The molecule has 0 atom stereocenters. The Labute approximate surface area is 373 Å². The molecule has 294 valence electrons. The maximum Gasteiger partial charge on any atom is 0.238 e. The SMILES string of the molecule is [2H]c1c([2H])c([2H])c(-c2cccc3c2sc2c(-c4ccc5c6ccccc6n(-c6nc(-c7ccccc7)nc(-c7ccccc7)n6)c5c4)cc(-n4c5ccccc5c5ccccc54)cc23)c([2H])c1[2H]. The van der Waals surface area contributed by atoms with Gasteiger partial charge in [0.2, 0.25) is 5.95 Å². The zero-order valence-electron chi connectivity index (χ0n) is 38.5. The fourth-order valence-corrected chi connectivity index (χ4v) is 10.6. The van der Waals surface area contributed by atoms with Crippen LogP contribution in [-0.2, 0) is 0 Å². The lowest BCUT2D eigenvalue weighted by Crippen LogP contribution is -2.06. The summed E-state index contributed by atoms with van der Waals surface area (Å²) in [6, 6.07) is 60.7. The molecule has 9 aromatic carbocycles. The number of rotatable bonds is 6. The van der Waals surface area contributed by atoms with Gasteiger partial charge >= 0.3 is 0 Å². The van der Waals surface area contributed by atoms with Gasteiger partial charge in [0.25, 0.3) is 0 Å². The average molecular weight is 827 g/mol. The zero-order chi connectivity index (χ0) is 45.8. The maximum absolute atomic E-state index is 8.99. The van der Waals surface area contributed by atoms with Crippen molar-refractivity contribution < 1.29 is 6.85 Å². The lowest BCUT2D eigenvalue weighted by atomic mass is 9.98. The van der Waals surface area contributed by atoms with Crippen LogP contribution in [0.4, 0.5) is 0 Å². The molecule has 0 unspecified atom stereocenters. The number of fused-ring (bicyclic) bond motifs is 9. The fraction of sp³-hybridized carbons (Fsp3) is 0. The first kappa shape index (κ1) is 30.8. The van der Waals surface area contributed by atoms with Crippen LogP contribution < -0.4 is 0 Å². The highest BCUT2D eigenvalue weighted by atomic mass is 32.1. The van der Waals surface area contributed by atoms with Crippen LogP contribution in [0.5, 0.6) is 0 Å². The van der Waals surface area contributed by atoms with Crippen LogP contribution in [0.2, 0.25) is 0 Å². The van der Waals surface area contributed by atoms with Crippen LogP contribution in [0.3, 0.4) is 0 Å². The van der Waals surface area contributed by atoms with E-state index in [1.54, 1.807) is 11.3 Å². The van der Waals surface area contributed by atoms with Crippen LogP contribution >= 0.6 is 11.3 Å². The molecule has 6 heteroatoms. The van der Waals surface area contributed by atoms with Crippen molar-refractivity contribution in [2.45, 2.75) is 0 Å². The van der Waals surface area contributed by atoms with Crippen molar-refractivity contribution in [1.82, 2.24) is 24.1 Å². The summed E-state index contributed by atoms with van der Waals surface area (Å²) in [4.78, 5) is 15.4. The third-order valence-corrected chi connectivity index (χ3v) is 13.4. The van der Waals surface area contributed by atoms with E-state index in [1.807, 2.05) is 78.9 Å². The Morgan fingerprint density at radius 2 is 0.905 bits per heavy atom. The molecule has 0 aliphatic carbocycles. The Bertz CT molecular complexity index is 4080. The average Bonchev–Trinajstić information content (AvgIpc) is 4.05. The Kier molecular flexibility index (Phi) is 6.94. The van der Waals surface area contributed by atoms with Crippen LogP contribution in [0.25, 0.3) is 120 Å². The molecule has 0 fully saturated rings. The van der Waals surface area contributed by atoms with E-state index >= 15 is 0 Å². The fourth-order valence-electron chi connectivity index (χ4n) is 9.26. The molecule has 0 spiro atoms. The van der Waals surface area contributed by atoms with E-state index in [2.05, 4.69) is 112 Å². The summed E-state index contributed by atoms with van der Waals surface area (Å²) in [5.41, 5.74) is 9.49. The summed E-state index contributed by atoms with van der Waals surface area (Å²) in [6.07, 6.45) is 0. The van der Waals surface area contributed by atoms with E-state index in [0.29, 0.717) is 23.2 Å². The minimum Gasteiger partial charge on any atom is -0.309 e. The van der Waals surface area contributed by atoms with E-state index in [0.717, 1.165) is 91.7 Å². The summed E-state index contributed by atoms with van der Waals surface area (Å²) in [7, 11) is 0. The van der Waals surface area contributed by atoms with Crippen molar-refractivity contribution in [3.05, 3.63) is 212 Å². The standard InChI is InChI=1S/C57H35N5S/c1-4-17-36(18-5-1)41-26-16-27-46-48-35-40(61-49-28-13-10-23-42(49)43-24-11-14-29-50(43)61)34-47(54(48)63-53(41)46)39-31-32-45-44-25-12-15-30-51(44)62(52(45)33-39)57-59-55(37-19-6-2-7-20-37)58-56(60-57)38-21-8-3-9-22-38/h1-35H/i1D,4D,5D,17D,18D. The molecule has 0 saturated carbocycles. The quantitative estimate of drug-likeness (QED) is 0.168. The first-order valence-corrected chi connectivity index (χ1v) is 21.6. The number of aromatic nitrogens is 5. The topological polar surface area (TPSA) is 48.5 Å².